The van der Waals surface area contributed by atoms with Crippen LogP contribution < -0.4 is 11.1 Å². The number of carbonyl (C=O) groups excluding carboxylic acids is 1. The van der Waals surface area contributed by atoms with Crippen molar-refractivity contribution in [2.75, 3.05) is 5.73 Å². The average molecular weight is 353 g/mol. The van der Waals surface area contributed by atoms with E-state index in [-0.39, 0.29) is 18.3 Å². The van der Waals surface area contributed by atoms with Crippen LogP contribution in [-0.4, -0.2) is 11.4 Å². The summed E-state index contributed by atoms with van der Waals surface area (Å²) in [6.07, 6.45) is 0.653. The lowest BCUT2D eigenvalue weighted by Crippen LogP contribution is -2.45. The van der Waals surface area contributed by atoms with Gasteiger partial charge in [-0.25, -0.2) is 0 Å². The van der Waals surface area contributed by atoms with Crippen molar-refractivity contribution in [2.45, 2.75) is 32.7 Å². The predicted octanol–water partition coefficient (Wildman–Crippen LogP) is 4.40. The van der Waals surface area contributed by atoms with Crippen LogP contribution in [0.15, 0.2) is 42.5 Å². The minimum absolute atomic E-state index is 0. The van der Waals surface area contributed by atoms with Crippen LogP contribution in [-0.2, 0) is 6.42 Å². The standard InChI is InChI=1S/C18H21ClN2O.ClH/c1-12-8-9-14(20)10-15(12)17(22)21-18(2,3)11-13-6-4-5-7-16(13)19;/h4-10H,11,20H2,1-3H3,(H,21,22);1H. The summed E-state index contributed by atoms with van der Waals surface area (Å²) >= 11 is 6.20. The fraction of sp³-hybridized carbons (Fsp3) is 0.278. The molecule has 0 bridgehead atoms. The van der Waals surface area contributed by atoms with E-state index in [1.165, 1.54) is 0 Å². The number of benzene rings is 2. The van der Waals surface area contributed by atoms with Gasteiger partial charge in [0.25, 0.3) is 5.91 Å². The first-order chi connectivity index (χ1) is 10.3. The van der Waals surface area contributed by atoms with Gasteiger partial charge in [0.05, 0.1) is 0 Å². The summed E-state index contributed by atoms with van der Waals surface area (Å²) in [7, 11) is 0. The highest BCUT2D eigenvalue weighted by Gasteiger charge is 2.23. The molecule has 0 spiro atoms. The number of halogens is 2. The number of nitrogens with one attached hydrogen (secondary N) is 1. The minimum Gasteiger partial charge on any atom is -0.399 e. The summed E-state index contributed by atoms with van der Waals surface area (Å²) < 4.78 is 0. The highest BCUT2D eigenvalue weighted by molar-refractivity contribution is 6.31. The summed E-state index contributed by atoms with van der Waals surface area (Å²) in [5.41, 5.74) is 8.46. The van der Waals surface area contributed by atoms with Gasteiger partial charge in [0.1, 0.15) is 0 Å². The molecule has 0 saturated heterocycles. The molecule has 0 fully saturated rings. The number of rotatable bonds is 4. The smallest absolute Gasteiger partial charge is 0.252 e. The van der Waals surface area contributed by atoms with Crippen LogP contribution in [0.5, 0.6) is 0 Å². The van der Waals surface area contributed by atoms with Gasteiger partial charge in [-0.3, -0.25) is 4.79 Å². The van der Waals surface area contributed by atoms with Crippen LogP contribution in [0.4, 0.5) is 5.69 Å². The predicted molar refractivity (Wildman–Crippen MR) is 99.5 cm³/mol. The Morgan fingerprint density at radius 3 is 2.52 bits per heavy atom. The molecule has 23 heavy (non-hydrogen) atoms. The van der Waals surface area contributed by atoms with Gasteiger partial charge in [0.15, 0.2) is 0 Å². The maximum Gasteiger partial charge on any atom is 0.252 e. The van der Waals surface area contributed by atoms with Gasteiger partial charge in [-0.15, -0.1) is 12.4 Å². The molecule has 0 atom stereocenters. The number of carbonyl (C=O) groups is 1. The van der Waals surface area contributed by atoms with Gasteiger partial charge >= 0.3 is 0 Å². The van der Waals surface area contributed by atoms with E-state index in [2.05, 4.69) is 5.32 Å². The summed E-state index contributed by atoms with van der Waals surface area (Å²) in [5.74, 6) is -0.123. The molecule has 0 aliphatic heterocycles. The summed E-state index contributed by atoms with van der Waals surface area (Å²) in [5, 5.41) is 3.78. The van der Waals surface area contributed by atoms with E-state index in [4.69, 9.17) is 17.3 Å². The first-order valence-corrected chi connectivity index (χ1v) is 7.58. The molecule has 2 aromatic rings. The molecule has 0 saturated carbocycles. The van der Waals surface area contributed by atoms with Crippen molar-refractivity contribution in [2.24, 2.45) is 0 Å². The molecule has 5 heteroatoms. The van der Waals surface area contributed by atoms with Gasteiger partial charge in [-0.1, -0.05) is 35.9 Å². The molecule has 2 rings (SSSR count). The Hall–Kier alpha value is -1.71. The number of aryl methyl sites for hydroxylation is 1. The number of anilines is 1. The van der Waals surface area contributed by atoms with Crippen LogP contribution in [0.1, 0.15) is 35.3 Å². The quantitative estimate of drug-likeness (QED) is 0.801. The fourth-order valence-electron chi connectivity index (χ4n) is 2.42. The first-order valence-electron chi connectivity index (χ1n) is 7.20. The molecule has 3 nitrogen and oxygen atoms in total. The summed E-state index contributed by atoms with van der Waals surface area (Å²) in [6, 6.07) is 13.0. The van der Waals surface area contributed by atoms with E-state index in [0.717, 1.165) is 11.1 Å². The lowest BCUT2D eigenvalue weighted by molar-refractivity contribution is 0.0912. The minimum atomic E-state index is -0.418. The molecule has 0 heterocycles. The maximum atomic E-state index is 12.5. The highest BCUT2D eigenvalue weighted by atomic mass is 35.5. The third-order valence-corrected chi connectivity index (χ3v) is 3.92. The number of nitrogens with two attached hydrogens (primary N) is 1. The molecule has 124 valence electrons. The Morgan fingerprint density at radius 2 is 1.87 bits per heavy atom. The molecule has 2 aromatic carbocycles. The van der Waals surface area contributed by atoms with Crippen molar-refractivity contribution < 1.29 is 4.79 Å². The van der Waals surface area contributed by atoms with E-state index in [9.17, 15) is 4.79 Å². The van der Waals surface area contributed by atoms with E-state index in [0.29, 0.717) is 22.7 Å². The van der Waals surface area contributed by atoms with Gasteiger partial charge < -0.3 is 11.1 Å². The molecule has 0 aliphatic carbocycles. The lowest BCUT2D eigenvalue weighted by Gasteiger charge is -2.27. The third-order valence-electron chi connectivity index (χ3n) is 3.55. The molecule has 0 aliphatic rings. The van der Waals surface area contributed by atoms with Crippen LogP contribution >= 0.6 is 24.0 Å². The van der Waals surface area contributed by atoms with Crippen LogP contribution in [0.25, 0.3) is 0 Å². The zero-order valence-electron chi connectivity index (χ0n) is 13.5. The van der Waals surface area contributed by atoms with Crippen molar-refractivity contribution in [3.8, 4) is 0 Å². The van der Waals surface area contributed by atoms with Crippen molar-refractivity contribution in [1.82, 2.24) is 5.32 Å². The Morgan fingerprint density at radius 1 is 1.22 bits per heavy atom. The van der Waals surface area contributed by atoms with E-state index in [1.807, 2.05) is 51.1 Å². The van der Waals surface area contributed by atoms with E-state index < -0.39 is 5.54 Å². The summed E-state index contributed by atoms with van der Waals surface area (Å²) in [6.45, 7) is 5.86. The second-order valence-electron chi connectivity index (χ2n) is 6.18. The van der Waals surface area contributed by atoms with Gasteiger partial charge in [0.2, 0.25) is 0 Å². The molecule has 1 amide bonds. The zero-order chi connectivity index (χ0) is 16.3. The normalized spacial score (nSPS) is 10.8. The van der Waals surface area contributed by atoms with Crippen molar-refractivity contribution in [3.05, 3.63) is 64.2 Å². The Labute approximate surface area is 148 Å². The van der Waals surface area contributed by atoms with E-state index in [1.54, 1.807) is 12.1 Å². The SMILES string of the molecule is Cc1ccc(N)cc1C(=O)NC(C)(C)Cc1ccccc1Cl.Cl. The highest BCUT2D eigenvalue weighted by Crippen LogP contribution is 2.21. The second kappa shape index (κ2) is 7.71. The number of hydrogen-bond acceptors (Lipinski definition) is 2. The second-order valence-corrected chi connectivity index (χ2v) is 6.59. The number of hydrogen-bond donors (Lipinski definition) is 2. The number of amides is 1. The van der Waals surface area contributed by atoms with Crippen LogP contribution in [0, 0.1) is 6.92 Å². The van der Waals surface area contributed by atoms with Gasteiger partial charge in [-0.2, -0.15) is 0 Å². The number of nitrogen functional groups attached to an aromatic ring is 1. The Kier molecular flexibility index (Phi) is 6.48. The Balaban J connectivity index is 0.00000264. The van der Waals surface area contributed by atoms with Crippen molar-refractivity contribution >= 4 is 35.6 Å². The largest absolute Gasteiger partial charge is 0.399 e. The lowest BCUT2D eigenvalue weighted by atomic mass is 9.94. The van der Waals surface area contributed by atoms with E-state index >= 15 is 0 Å². The molecular weight excluding hydrogens is 331 g/mol. The van der Waals surface area contributed by atoms with Crippen molar-refractivity contribution in [1.29, 1.82) is 0 Å². The first kappa shape index (κ1) is 19.3. The molecule has 0 radical (unpaired) electrons. The van der Waals surface area contributed by atoms with Crippen molar-refractivity contribution in [3.63, 3.8) is 0 Å². The van der Waals surface area contributed by atoms with Gasteiger partial charge in [0, 0.05) is 21.8 Å². The zero-order valence-corrected chi connectivity index (χ0v) is 15.1. The third kappa shape index (κ3) is 5.15. The molecule has 0 unspecified atom stereocenters. The van der Waals surface area contributed by atoms with Gasteiger partial charge in [-0.05, 0) is 56.5 Å². The topological polar surface area (TPSA) is 55.1 Å². The molecular formula is C18H22Cl2N2O. The fourth-order valence-corrected chi connectivity index (χ4v) is 2.62. The molecule has 0 aromatic heterocycles. The Bertz CT molecular complexity index is 699. The summed E-state index contributed by atoms with van der Waals surface area (Å²) in [4.78, 5) is 12.5. The molecule has 3 N–H and O–H groups in total. The maximum absolute atomic E-state index is 12.5. The van der Waals surface area contributed by atoms with Crippen LogP contribution in [0.2, 0.25) is 5.02 Å². The monoisotopic (exact) mass is 352 g/mol. The van der Waals surface area contributed by atoms with Crippen LogP contribution in [0.3, 0.4) is 0 Å². The average Bonchev–Trinajstić information content (AvgIpc) is 2.43.